The molecule has 1 aromatic heterocycles. The Hall–Kier alpha value is -3.55. The van der Waals surface area contributed by atoms with Crippen molar-refractivity contribution in [2.24, 2.45) is 17.8 Å². The van der Waals surface area contributed by atoms with Gasteiger partial charge in [0.1, 0.15) is 5.78 Å². The first-order chi connectivity index (χ1) is 21.9. The number of ether oxygens (including phenoxy) is 1. The SMILES string of the molecule is O=C(CCc1ccc2c(=O)c3sc4c(=O)c5ccccc5c(=O)c4c3c(=O)c2c1)C1CCCCC(CCC2CCOCC2)CC1. The predicted molar refractivity (Wildman–Crippen MR) is 183 cm³/mol. The summed E-state index contributed by atoms with van der Waals surface area (Å²) >= 11 is 0.946. The summed E-state index contributed by atoms with van der Waals surface area (Å²) < 4.78 is 5.84. The maximum Gasteiger partial charge on any atom is 0.204 e. The molecule has 2 aliphatic rings. The zero-order valence-corrected chi connectivity index (χ0v) is 26.3. The standard InChI is InChI=1S/C38H38O6S/c39-30(25-6-2-1-5-22(11-14-25)9-10-23-17-19-44-20-18-23)16-13-24-12-15-28-29(21-24)34(41)32-31-33(40)26-7-3-4-8-27(26)35(42)37(31)45-38(32)36(28)43/h3-4,7-8,12,15,21-23,25H,1-2,5-6,9-11,13-14,16-20H2. The average molecular weight is 623 g/mol. The minimum atomic E-state index is -0.405. The van der Waals surface area contributed by atoms with Crippen LogP contribution in [-0.4, -0.2) is 19.0 Å². The molecule has 1 aliphatic heterocycles. The van der Waals surface area contributed by atoms with E-state index < -0.39 is 10.9 Å². The lowest BCUT2D eigenvalue weighted by Crippen LogP contribution is -2.20. The molecule has 0 bridgehead atoms. The lowest BCUT2D eigenvalue weighted by atomic mass is 9.79. The van der Waals surface area contributed by atoms with Crippen molar-refractivity contribution in [1.29, 1.82) is 0 Å². The summed E-state index contributed by atoms with van der Waals surface area (Å²) in [6, 6.07) is 11.8. The molecular formula is C38H38O6S. The van der Waals surface area contributed by atoms with Crippen LogP contribution in [0, 0.1) is 17.8 Å². The highest BCUT2D eigenvalue weighted by Gasteiger charge is 2.25. The Bertz CT molecular complexity index is 2130. The van der Waals surface area contributed by atoms with E-state index in [1.54, 1.807) is 36.4 Å². The first-order valence-electron chi connectivity index (χ1n) is 16.6. The van der Waals surface area contributed by atoms with Gasteiger partial charge < -0.3 is 4.74 Å². The highest BCUT2D eigenvalue weighted by molar-refractivity contribution is 7.25. The fraction of sp³-hybridized carbons (Fsp3) is 0.447. The van der Waals surface area contributed by atoms with E-state index in [9.17, 15) is 24.0 Å². The van der Waals surface area contributed by atoms with Crippen LogP contribution >= 0.6 is 11.3 Å². The first-order valence-corrected chi connectivity index (χ1v) is 17.4. The molecule has 6 nitrogen and oxygen atoms in total. The quantitative estimate of drug-likeness (QED) is 0.195. The third-order valence-corrected chi connectivity index (χ3v) is 11.7. The van der Waals surface area contributed by atoms with Crippen molar-refractivity contribution >= 4 is 58.8 Å². The Kier molecular flexibility index (Phi) is 8.49. The van der Waals surface area contributed by atoms with Crippen LogP contribution in [0.25, 0.3) is 41.7 Å². The van der Waals surface area contributed by atoms with Crippen LogP contribution in [-0.2, 0) is 16.0 Å². The second-order valence-electron chi connectivity index (χ2n) is 13.3. The minimum Gasteiger partial charge on any atom is -0.381 e. The molecule has 4 aromatic carbocycles. The molecule has 232 valence electrons. The Balaban J connectivity index is 1.11. The summed E-state index contributed by atoms with van der Waals surface area (Å²) in [5, 5.41) is 1.19. The van der Waals surface area contributed by atoms with E-state index in [1.807, 2.05) is 6.07 Å². The van der Waals surface area contributed by atoms with Gasteiger partial charge in [0, 0.05) is 47.1 Å². The van der Waals surface area contributed by atoms with Gasteiger partial charge in [-0.3, -0.25) is 24.0 Å². The Labute approximate surface area is 264 Å². The smallest absolute Gasteiger partial charge is 0.204 e. The number of ketones is 1. The Morgan fingerprint density at radius 1 is 0.667 bits per heavy atom. The number of Topliss-reactive ketones (excluding diaryl/α,β-unsaturated/α-hetero) is 1. The highest BCUT2D eigenvalue weighted by Crippen LogP contribution is 2.33. The van der Waals surface area contributed by atoms with Crippen LogP contribution in [0.5, 0.6) is 0 Å². The van der Waals surface area contributed by atoms with E-state index in [4.69, 9.17) is 4.74 Å². The third-order valence-electron chi connectivity index (χ3n) is 10.5. The van der Waals surface area contributed by atoms with E-state index in [0.29, 0.717) is 24.1 Å². The van der Waals surface area contributed by atoms with E-state index in [-0.39, 0.29) is 58.9 Å². The number of benzene rings is 4. The molecular weight excluding hydrogens is 584 g/mol. The van der Waals surface area contributed by atoms with Gasteiger partial charge in [0.15, 0.2) is 10.9 Å². The van der Waals surface area contributed by atoms with Gasteiger partial charge in [-0.15, -0.1) is 11.3 Å². The molecule has 1 saturated carbocycles. The van der Waals surface area contributed by atoms with Crippen LogP contribution in [0.1, 0.15) is 76.2 Å². The summed E-state index contributed by atoms with van der Waals surface area (Å²) in [6.07, 6.45) is 12.4. The van der Waals surface area contributed by atoms with Crippen LogP contribution in [0.2, 0.25) is 0 Å². The zero-order chi connectivity index (χ0) is 31.1. The van der Waals surface area contributed by atoms with Gasteiger partial charge >= 0.3 is 0 Å². The molecule has 2 atom stereocenters. The van der Waals surface area contributed by atoms with Crippen LogP contribution in [0.4, 0.5) is 0 Å². The molecule has 0 N–H and O–H groups in total. The van der Waals surface area contributed by atoms with Gasteiger partial charge in [-0.2, -0.15) is 0 Å². The lowest BCUT2D eigenvalue weighted by Gasteiger charge is -2.27. The third kappa shape index (κ3) is 5.70. The van der Waals surface area contributed by atoms with Crippen molar-refractivity contribution in [2.45, 2.75) is 77.0 Å². The minimum absolute atomic E-state index is 0.0504. The number of carbonyl (C=O) groups is 1. The van der Waals surface area contributed by atoms with E-state index in [2.05, 4.69) is 0 Å². The van der Waals surface area contributed by atoms with Crippen molar-refractivity contribution in [3.05, 3.63) is 88.9 Å². The van der Waals surface area contributed by atoms with Crippen LogP contribution in [0.15, 0.2) is 61.6 Å². The topological polar surface area (TPSA) is 94.6 Å². The summed E-state index contributed by atoms with van der Waals surface area (Å²) in [6.45, 7) is 1.79. The van der Waals surface area contributed by atoms with Crippen molar-refractivity contribution < 1.29 is 9.53 Å². The van der Waals surface area contributed by atoms with Gasteiger partial charge in [0.2, 0.25) is 10.9 Å². The largest absolute Gasteiger partial charge is 0.381 e. The molecule has 2 fully saturated rings. The second kappa shape index (κ2) is 12.7. The second-order valence-corrected chi connectivity index (χ2v) is 14.3. The number of aryl methyl sites for hydroxylation is 1. The van der Waals surface area contributed by atoms with Gasteiger partial charge in [0.05, 0.1) is 20.2 Å². The van der Waals surface area contributed by atoms with Crippen molar-refractivity contribution in [3.8, 4) is 0 Å². The Morgan fingerprint density at radius 3 is 1.98 bits per heavy atom. The molecule has 5 aromatic rings. The van der Waals surface area contributed by atoms with Gasteiger partial charge in [0.25, 0.3) is 0 Å². The maximum atomic E-state index is 13.9. The maximum absolute atomic E-state index is 13.9. The molecule has 7 rings (SSSR count). The van der Waals surface area contributed by atoms with Gasteiger partial charge in [-0.25, -0.2) is 0 Å². The zero-order valence-electron chi connectivity index (χ0n) is 25.5. The van der Waals surface area contributed by atoms with Crippen molar-refractivity contribution in [1.82, 2.24) is 0 Å². The monoisotopic (exact) mass is 622 g/mol. The normalized spacial score (nSPS) is 20.2. The molecule has 7 heteroatoms. The molecule has 0 amide bonds. The summed E-state index contributed by atoms with van der Waals surface area (Å²) in [7, 11) is 0. The molecule has 1 aliphatic carbocycles. The Morgan fingerprint density at radius 2 is 1.27 bits per heavy atom. The lowest BCUT2D eigenvalue weighted by molar-refractivity contribution is -0.123. The number of thiophene rings is 1. The predicted octanol–water partition coefficient (Wildman–Crippen LogP) is 6.97. The van der Waals surface area contributed by atoms with Gasteiger partial charge in [-0.1, -0.05) is 62.4 Å². The summed E-state index contributed by atoms with van der Waals surface area (Å²) in [4.78, 5) is 67.5. The highest BCUT2D eigenvalue weighted by atomic mass is 32.1. The number of hydrogen-bond donors (Lipinski definition) is 0. The van der Waals surface area contributed by atoms with Crippen LogP contribution < -0.4 is 21.7 Å². The number of fused-ring (bicyclic) bond motifs is 5. The number of hydrogen-bond acceptors (Lipinski definition) is 7. The van der Waals surface area contributed by atoms with Crippen LogP contribution in [0.3, 0.4) is 0 Å². The molecule has 2 unspecified atom stereocenters. The fourth-order valence-electron chi connectivity index (χ4n) is 7.85. The summed E-state index contributed by atoms with van der Waals surface area (Å²) in [5.74, 6) is 1.87. The molecule has 45 heavy (non-hydrogen) atoms. The number of rotatable bonds is 7. The molecule has 1 saturated heterocycles. The molecule has 2 heterocycles. The van der Waals surface area contributed by atoms with E-state index in [1.165, 1.54) is 38.5 Å². The average Bonchev–Trinajstić information content (AvgIpc) is 3.47. The van der Waals surface area contributed by atoms with E-state index in [0.717, 1.165) is 61.7 Å². The fourth-order valence-corrected chi connectivity index (χ4v) is 9.05. The molecule has 0 radical (unpaired) electrons. The van der Waals surface area contributed by atoms with Gasteiger partial charge in [-0.05, 0) is 68.1 Å². The van der Waals surface area contributed by atoms with E-state index >= 15 is 0 Å². The van der Waals surface area contributed by atoms with Crippen molar-refractivity contribution in [3.63, 3.8) is 0 Å². The summed E-state index contributed by atoms with van der Waals surface area (Å²) in [5.41, 5.74) is -0.647. The number of carbonyl (C=O) groups excluding carboxylic acids is 1. The van der Waals surface area contributed by atoms with Crippen molar-refractivity contribution in [2.75, 3.05) is 13.2 Å². The molecule has 0 spiro atoms. The first kappa shape index (κ1) is 30.1.